The molecule has 0 aliphatic carbocycles. The molecule has 5 nitrogen and oxygen atoms in total. The zero-order valence-electron chi connectivity index (χ0n) is 14.0. The number of rotatable bonds is 2. The molecule has 1 aromatic rings. The van der Waals surface area contributed by atoms with Crippen molar-refractivity contribution in [1.29, 1.82) is 0 Å². The summed E-state index contributed by atoms with van der Waals surface area (Å²) in [5, 5.41) is 2.89. The van der Waals surface area contributed by atoms with Gasteiger partial charge in [-0.1, -0.05) is 15.9 Å². The number of hydrogen-bond acceptors (Lipinski definition) is 3. The minimum Gasteiger partial charge on any atom is -0.444 e. The molecule has 1 aliphatic rings. The van der Waals surface area contributed by atoms with Gasteiger partial charge in [-0.15, -0.1) is 0 Å². The molecule has 0 aromatic heterocycles. The standard InChI is InChI=1S/C17H23BrN2O3/c1-11-10-12(7-8-13(11)18)19-15(21)14-6-5-9-20(14)16(22)23-17(2,3)4/h7-8,10,14H,5-6,9H2,1-4H3,(H,19,21)/t14-/m0/s1. The number of ether oxygens (including phenoxy) is 1. The molecule has 0 bridgehead atoms. The lowest BCUT2D eigenvalue weighted by Crippen LogP contribution is -2.45. The number of hydrogen-bond donors (Lipinski definition) is 1. The fourth-order valence-electron chi connectivity index (χ4n) is 2.53. The van der Waals surface area contributed by atoms with Crippen molar-refractivity contribution in [3.63, 3.8) is 0 Å². The molecule has 1 heterocycles. The average Bonchev–Trinajstić information content (AvgIpc) is 2.90. The highest BCUT2D eigenvalue weighted by molar-refractivity contribution is 9.10. The van der Waals surface area contributed by atoms with Crippen molar-refractivity contribution in [2.75, 3.05) is 11.9 Å². The van der Waals surface area contributed by atoms with Crippen LogP contribution >= 0.6 is 15.9 Å². The lowest BCUT2D eigenvalue weighted by atomic mass is 10.2. The summed E-state index contributed by atoms with van der Waals surface area (Å²) in [6.45, 7) is 7.97. The number of benzene rings is 1. The van der Waals surface area contributed by atoms with E-state index in [1.165, 1.54) is 4.90 Å². The van der Waals surface area contributed by atoms with Crippen molar-refractivity contribution in [2.24, 2.45) is 0 Å². The van der Waals surface area contributed by atoms with Gasteiger partial charge in [-0.05, 0) is 64.3 Å². The summed E-state index contributed by atoms with van der Waals surface area (Å²) in [7, 11) is 0. The van der Waals surface area contributed by atoms with E-state index in [1.807, 2.05) is 45.9 Å². The van der Waals surface area contributed by atoms with Gasteiger partial charge in [0.15, 0.2) is 0 Å². The molecular formula is C17H23BrN2O3. The van der Waals surface area contributed by atoms with E-state index in [0.717, 1.165) is 22.1 Å². The molecule has 0 unspecified atom stereocenters. The summed E-state index contributed by atoms with van der Waals surface area (Å²) < 4.78 is 6.38. The maximum absolute atomic E-state index is 12.5. The fraction of sp³-hybridized carbons (Fsp3) is 0.529. The van der Waals surface area contributed by atoms with E-state index < -0.39 is 17.7 Å². The number of nitrogens with zero attached hydrogens (tertiary/aromatic N) is 1. The third-order valence-corrected chi connectivity index (χ3v) is 4.50. The molecule has 1 N–H and O–H groups in total. The van der Waals surface area contributed by atoms with Crippen molar-refractivity contribution in [3.8, 4) is 0 Å². The van der Waals surface area contributed by atoms with Crippen LogP contribution in [-0.4, -0.2) is 35.1 Å². The Bertz CT molecular complexity index is 610. The summed E-state index contributed by atoms with van der Waals surface area (Å²) in [5.74, 6) is -0.171. The van der Waals surface area contributed by atoms with Gasteiger partial charge >= 0.3 is 6.09 Å². The molecule has 1 aliphatic heterocycles. The molecular weight excluding hydrogens is 360 g/mol. The van der Waals surface area contributed by atoms with E-state index >= 15 is 0 Å². The molecule has 0 spiro atoms. The number of nitrogens with one attached hydrogen (secondary N) is 1. The zero-order chi connectivity index (χ0) is 17.2. The predicted molar refractivity (Wildman–Crippen MR) is 93.5 cm³/mol. The van der Waals surface area contributed by atoms with Gasteiger partial charge in [0.1, 0.15) is 11.6 Å². The van der Waals surface area contributed by atoms with Gasteiger partial charge in [0.25, 0.3) is 0 Å². The second kappa shape index (κ2) is 6.91. The van der Waals surface area contributed by atoms with E-state index in [9.17, 15) is 9.59 Å². The molecule has 1 atom stereocenters. The Morgan fingerprint density at radius 1 is 1.35 bits per heavy atom. The summed E-state index contributed by atoms with van der Waals surface area (Å²) in [6.07, 6.45) is 1.03. The second-order valence-corrected chi connectivity index (χ2v) is 7.64. The first-order valence-electron chi connectivity index (χ1n) is 7.74. The number of carbonyl (C=O) groups is 2. The highest BCUT2D eigenvalue weighted by atomic mass is 79.9. The molecule has 2 amide bonds. The van der Waals surface area contributed by atoms with Crippen LogP contribution in [0.25, 0.3) is 0 Å². The van der Waals surface area contributed by atoms with Crippen LogP contribution in [0.5, 0.6) is 0 Å². The van der Waals surface area contributed by atoms with Crippen LogP contribution in [0.4, 0.5) is 10.5 Å². The quantitative estimate of drug-likeness (QED) is 0.837. The summed E-state index contributed by atoms with van der Waals surface area (Å²) in [4.78, 5) is 26.3. The van der Waals surface area contributed by atoms with E-state index in [0.29, 0.717) is 13.0 Å². The van der Waals surface area contributed by atoms with E-state index in [2.05, 4.69) is 21.2 Å². The Morgan fingerprint density at radius 3 is 2.65 bits per heavy atom. The van der Waals surface area contributed by atoms with E-state index in [-0.39, 0.29) is 5.91 Å². The minimum atomic E-state index is -0.566. The highest BCUT2D eigenvalue weighted by Gasteiger charge is 2.36. The van der Waals surface area contributed by atoms with E-state index in [1.54, 1.807) is 0 Å². The van der Waals surface area contributed by atoms with Gasteiger partial charge in [0, 0.05) is 16.7 Å². The van der Waals surface area contributed by atoms with Gasteiger partial charge in [0.2, 0.25) is 5.91 Å². The molecule has 1 fully saturated rings. The summed E-state index contributed by atoms with van der Waals surface area (Å²) in [5.41, 5.74) is 1.20. The Kier molecular flexibility index (Phi) is 5.34. The fourth-order valence-corrected chi connectivity index (χ4v) is 2.77. The van der Waals surface area contributed by atoms with Crippen molar-refractivity contribution in [2.45, 2.75) is 52.2 Å². The molecule has 126 valence electrons. The molecule has 0 radical (unpaired) electrons. The Balaban J connectivity index is 2.05. The van der Waals surface area contributed by atoms with Crippen LogP contribution in [0.1, 0.15) is 39.2 Å². The average molecular weight is 383 g/mol. The van der Waals surface area contributed by atoms with Gasteiger partial charge in [-0.3, -0.25) is 9.69 Å². The first kappa shape index (κ1) is 17.8. The Morgan fingerprint density at radius 2 is 2.04 bits per heavy atom. The lowest BCUT2D eigenvalue weighted by molar-refractivity contribution is -0.120. The summed E-state index contributed by atoms with van der Waals surface area (Å²) in [6, 6.07) is 5.15. The highest BCUT2D eigenvalue weighted by Crippen LogP contribution is 2.24. The van der Waals surface area contributed by atoms with Gasteiger partial charge in [0.05, 0.1) is 0 Å². The third kappa shape index (κ3) is 4.70. The maximum atomic E-state index is 12.5. The predicted octanol–water partition coefficient (Wildman–Crippen LogP) is 4.10. The zero-order valence-corrected chi connectivity index (χ0v) is 15.6. The van der Waals surface area contributed by atoms with Crippen molar-refractivity contribution >= 4 is 33.6 Å². The smallest absolute Gasteiger partial charge is 0.410 e. The molecule has 1 saturated heterocycles. The van der Waals surface area contributed by atoms with Crippen LogP contribution in [0.2, 0.25) is 0 Å². The molecule has 6 heteroatoms. The van der Waals surface area contributed by atoms with Crippen LogP contribution in [0.15, 0.2) is 22.7 Å². The number of amides is 2. The number of aryl methyl sites for hydroxylation is 1. The minimum absolute atomic E-state index is 0.171. The molecule has 23 heavy (non-hydrogen) atoms. The number of halogens is 1. The van der Waals surface area contributed by atoms with Gasteiger partial charge in [-0.25, -0.2) is 4.79 Å². The van der Waals surface area contributed by atoms with Crippen molar-refractivity contribution in [3.05, 3.63) is 28.2 Å². The van der Waals surface area contributed by atoms with E-state index in [4.69, 9.17) is 4.74 Å². The first-order chi connectivity index (χ1) is 10.7. The molecule has 2 rings (SSSR count). The Hall–Kier alpha value is -1.56. The molecule has 1 aromatic carbocycles. The SMILES string of the molecule is Cc1cc(NC(=O)[C@@H]2CCCN2C(=O)OC(C)(C)C)ccc1Br. The maximum Gasteiger partial charge on any atom is 0.410 e. The number of likely N-dealkylation sites (tertiary alicyclic amines) is 1. The lowest BCUT2D eigenvalue weighted by Gasteiger charge is -2.28. The molecule has 0 saturated carbocycles. The normalized spacial score (nSPS) is 18.0. The Labute approximate surface area is 145 Å². The van der Waals surface area contributed by atoms with Gasteiger partial charge < -0.3 is 10.1 Å². The number of carbonyl (C=O) groups excluding carboxylic acids is 2. The largest absolute Gasteiger partial charge is 0.444 e. The van der Waals surface area contributed by atoms with Crippen molar-refractivity contribution in [1.82, 2.24) is 4.90 Å². The number of anilines is 1. The van der Waals surface area contributed by atoms with Gasteiger partial charge in [-0.2, -0.15) is 0 Å². The van der Waals surface area contributed by atoms with Crippen LogP contribution < -0.4 is 5.32 Å². The van der Waals surface area contributed by atoms with Crippen LogP contribution in [-0.2, 0) is 9.53 Å². The summed E-state index contributed by atoms with van der Waals surface area (Å²) >= 11 is 3.44. The van der Waals surface area contributed by atoms with Crippen molar-refractivity contribution < 1.29 is 14.3 Å². The van der Waals surface area contributed by atoms with Crippen LogP contribution in [0.3, 0.4) is 0 Å². The first-order valence-corrected chi connectivity index (χ1v) is 8.53. The topological polar surface area (TPSA) is 58.6 Å². The second-order valence-electron chi connectivity index (χ2n) is 6.78. The van der Waals surface area contributed by atoms with Crippen LogP contribution in [0, 0.1) is 6.92 Å². The monoisotopic (exact) mass is 382 g/mol. The third-order valence-electron chi connectivity index (χ3n) is 3.61.